The molecule has 1 fully saturated rings. The Morgan fingerprint density at radius 1 is 1.11 bits per heavy atom. The quantitative estimate of drug-likeness (QED) is 0.800. The van der Waals surface area contributed by atoms with Gasteiger partial charge >= 0.3 is 0 Å². The number of amides is 2. The summed E-state index contributed by atoms with van der Waals surface area (Å²) in [5, 5.41) is 0.585. The molecule has 1 unspecified atom stereocenters. The lowest BCUT2D eigenvalue weighted by molar-refractivity contribution is -0.136. The number of halogens is 1. The Bertz CT molecular complexity index is 885. The Morgan fingerprint density at radius 2 is 1.93 bits per heavy atom. The minimum absolute atomic E-state index is 0.0250. The normalized spacial score (nSPS) is 19.9. The van der Waals surface area contributed by atoms with Gasteiger partial charge in [-0.05, 0) is 29.8 Å². The topological polar surface area (TPSA) is 43.9 Å². The van der Waals surface area contributed by atoms with Crippen LogP contribution in [-0.4, -0.2) is 43.4 Å². The van der Waals surface area contributed by atoms with Crippen molar-refractivity contribution in [2.75, 3.05) is 36.5 Å². The van der Waals surface area contributed by atoms with Crippen LogP contribution in [0.25, 0.3) is 0 Å². The molecule has 4 rings (SSSR count). The van der Waals surface area contributed by atoms with E-state index in [1.54, 1.807) is 17.0 Å². The number of likely N-dealkylation sites (N-methyl/N-ethyl adjacent to an activating group) is 1. The fourth-order valence-corrected chi connectivity index (χ4v) is 4.09. The summed E-state index contributed by atoms with van der Waals surface area (Å²) in [5.41, 5.74) is 3.06. The van der Waals surface area contributed by atoms with Gasteiger partial charge in [-0.15, -0.1) is 0 Å². The first kappa shape index (κ1) is 17.9. The maximum atomic E-state index is 13.2. The van der Waals surface area contributed by atoms with Gasteiger partial charge in [0, 0.05) is 56.0 Å². The van der Waals surface area contributed by atoms with E-state index in [4.69, 9.17) is 11.6 Å². The lowest BCUT2D eigenvalue weighted by Gasteiger charge is -2.24. The number of anilines is 2. The second kappa shape index (κ2) is 7.24. The highest BCUT2D eigenvalue weighted by molar-refractivity contribution is 6.31. The summed E-state index contributed by atoms with van der Waals surface area (Å²) in [7, 11) is 2.05. The predicted octanol–water partition coefficient (Wildman–Crippen LogP) is 3.17. The minimum atomic E-state index is -0.313. The van der Waals surface area contributed by atoms with Crippen LogP contribution < -0.4 is 9.80 Å². The number of hydrogen-bond donors (Lipinski definition) is 0. The Balaban J connectivity index is 1.51. The second-order valence-electron chi connectivity index (χ2n) is 7.20. The molecule has 1 saturated heterocycles. The van der Waals surface area contributed by atoms with Gasteiger partial charge < -0.3 is 14.7 Å². The van der Waals surface area contributed by atoms with Crippen molar-refractivity contribution in [2.24, 2.45) is 5.92 Å². The SMILES string of the molecule is CN1CCN(C(=O)C2CC(=O)N(c3cccc(Cl)c3)C2)Cc2ccccc21. The number of para-hydroxylation sites is 1. The van der Waals surface area contributed by atoms with Gasteiger partial charge in [0.2, 0.25) is 11.8 Å². The number of rotatable bonds is 2. The van der Waals surface area contributed by atoms with Crippen molar-refractivity contribution in [3.8, 4) is 0 Å². The van der Waals surface area contributed by atoms with Crippen molar-refractivity contribution in [1.82, 2.24) is 4.90 Å². The first-order valence-electron chi connectivity index (χ1n) is 9.16. The van der Waals surface area contributed by atoms with Crippen LogP contribution in [0, 0.1) is 5.92 Å². The third kappa shape index (κ3) is 3.52. The fraction of sp³-hybridized carbons (Fsp3) is 0.333. The highest BCUT2D eigenvalue weighted by Gasteiger charge is 2.37. The summed E-state index contributed by atoms with van der Waals surface area (Å²) in [6.45, 7) is 2.43. The van der Waals surface area contributed by atoms with Crippen LogP contribution >= 0.6 is 11.6 Å². The molecule has 5 nitrogen and oxygen atoms in total. The van der Waals surface area contributed by atoms with Gasteiger partial charge in [0.1, 0.15) is 0 Å². The van der Waals surface area contributed by atoms with Crippen LogP contribution in [0.1, 0.15) is 12.0 Å². The molecule has 2 amide bonds. The molecule has 27 heavy (non-hydrogen) atoms. The Hall–Kier alpha value is -2.53. The van der Waals surface area contributed by atoms with E-state index in [0.29, 0.717) is 24.7 Å². The molecule has 0 bridgehead atoms. The van der Waals surface area contributed by atoms with Gasteiger partial charge in [0.05, 0.1) is 5.92 Å². The predicted molar refractivity (Wildman–Crippen MR) is 107 cm³/mol. The highest BCUT2D eigenvalue weighted by Crippen LogP contribution is 2.30. The molecular weight excluding hydrogens is 362 g/mol. The maximum Gasteiger partial charge on any atom is 0.228 e. The van der Waals surface area contributed by atoms with E-state index in [1.807, 2.05) is 36.2 Å². The molecule has 1 atom stereocenters. The van der Waals surface area contributed by atoms with E-state index in [0.717, 1.165) is 23.5 Å². The van der Waals surface area contributed by atoms with Gasteiger partial charge in [-0.25, -0.2) is 0 Å². The summed E-state index contributed by atoms with van der Waals surface area (Å²) in [5.74, 6) is -0.284. The standard InChI is InChI=1S/C21H22ClN3O2/c1-23-9-10-24(13-15-5-2-3-8-19(15)23)21(27)16-11-20(26)25(14-16)18-7-4-6-17(22)12-18/h2-8,12,16H,9-11,13-14H2,1H3. The van der Waals surface area contributed by atoms with Gasteiger partial charge in [-0.3, -0.25) is 9.59 Å². The molecule has 0 aliphatic carbocycles. The van der Waals surface area contributed by atoms with Crippen molar-refractivity contribution < 1.29 is 9.59 Å². The third-order valence-electron chi connectivity index (χ3n) is 5.38. The summed E-state index contributed by atoms with van der Waals surface area (Å²) >= 11 is 6.05. The van der Waals surface area contributed by atoms with Crippen LogP contribution in [0.4, 0.5) is 11.4 Å². The molecule has 2 heterocycles. The zero-order chi connectivity index (χ0) is 19.0. The van der Waals surface area contributed by atoms with Gasteiger partial charge in [0.25, 0.3) is 0 Å². The molecule has 2 aliphatic heterocycles. The molecule has 6 heteroatoms. The van der Waals surface area contributed by atoms with E-state index < -0.39 is 0 Å². The summed E-state index contributed by atoms with van der Waals surface area (Å²) in [6, 6.07) is 15.4. The van der Waals surface area contributed by atoms with Crippen molar-refractivity contribution in [1.29, 1.82) is 0 Å². The number of benzene rings is 2. The smallest absolute Gasteiger partial charge is 0.228 e. The molecule has 2 aromatic carbocycles. The minimum Gasteiger partial charge on any atom is -0.373 e. The molecule has 0 saturated carbocycles. The van der Waals surface area contributed by atoms with Crippen LogP contribution in [0.3, 0.4) is 0 Å². The lowest BCUT2D eigenvalue weighted by atomic mass is 10.1. The van der Waals surface area contributed by atoms with Crippen molar-refractivity contribution in [3.63, 3.8) is 0 Å². The fourth-order valence-electron chi connectivity index (χ4n) is 3.91. The largest absolute Gasteiger partial charge is 0.373 e. The number of carbonyl (C=O) groups excluding carboxylic acids is 2. The summed E-state index contributed by atoms with van der Waals surface area (Å²) in [4.78, 5) is 31.4. The second-order valence-corrected chi connectivity index (χ2v) is 7.63. The number of nitrogens with zero attached hydrogens (tertiary/aromatic N) is 3. The van der Waals surface area contributed by atoms with Crippen LogP contribution in [0.15, 0.2) is 48.5 Å². The van der Waals surface area contributed by atoms with Gasteiger partial charge in [-0.1, -0.05) is 35.9 Å². The van der Waals surface area contributed by atoms with Crippen molar-refractivity contribution in [3.05, 3.63) is 59.1 Å². The molecule has 0 spiro atoms. The Labute approximate surface area is 164 Å². The monoisotopic (exact) mass is 383 g/mol. The molecule has 0 aromatic heterocycles. The van der Waals surface area contributed by atoms with Crippen LogP contribution in [0.2, 0.25) is 5.02 Å². The van der Waals surface area contributed by atoms with Gasteiger partial charge in [-0.2, -0.15) is 0 Å². The molecular formula is C21H22ClN3O2. The summed E-state index contributed by atoms with van der Waals surface area (Å²) in [6.07, 6.45) is 0.249. The van der Waals surface area contributed by atoms with Gasteiger partial charge in [0.15, 0.2) is 0 Å². The number of hydrogen-bond acceptors (Lipinski definition) is 3. The Kier molecular flexibility index (Phi) is 4.79. The molecule has 0 radical (unpaired) electrons. The number of fused-ring (bicyclic) bond motifs is 1. The van der Waals surface area contributed by atoms with E-state index in [9.17, 15) is 9.59 Å². The molecule has 0 N–H and O–H groups in total. The third-order valence-corrected chi connectivity index (χ3v) is 5.61. The van der Waals surface area contributed by atoms with E-state index in [1.165, 1.54) is 0 Å². The molecule has 140 valence electrons. The average molecular weight is 384 g/mol. The van der Waals surface area contributed by atoms with Crippen molar-refractivity contribution >= 4 is 34.8 Å². The lowest BCUT2D eigenvalue weighted by Crippen LogP contribution is -2.39. The highest BCUT2D eigenvalue weighted by atomic mass is 35.5. The van der Waals surface area contributed by atoms with Crippen LogP contribution in [0.5, 0.6) is 0 Å². The molecule has 2 aromatic rings. The maximum absolute atomic E-state index is 13.2. The molecule has 2 aliphatic rings. The van der Waals surface area contributed by atoms with Crippen molar-refractivity contribution in [2.45, 2.75) is 13.0 Å². The number of carbonyl (C=O) groups is 2. The van der Waals surface area contributed by atoms with E-state index >= 15 is 0 Å². The zero-order valence-corrected chi connectivity index (χ0v) is 16.0. The zero-order valence-electron chi connectivity index (χ0n) is 15.3. The van der Waals surface area contributed by atoms with E-state index in [2.05, 4.69) is 17.0 Å². The Morgan fingerprint density at radius 3 is 2.74 bits per heavy atom. The van der Waals surface area contributed by atoms with Crippen LogP contribution in [-0.2, 0) is 16.1 Å². The average Bonchev–Trinajstić information content (AvgIpc) is 2.97. The first-order valence-corrected chi connectivity index (χ1v) is 9.54. The van der Waals surface area contributed by atoms with E-state index in [-0.39, 0.29) is 24.2 Å². The first-order chi connectivity index (χ1) is 13.0. The summed E-state index contributed by atoms with van der Waals surface area (Å²) < 4.78 is 0.